The second kappa shape index (κ2) is 12.1. The molecule has 10 heteroatoms. The number of hydrogen-bond donors (Lipinski definition) is 1. The minimum absolute atomic E-state index is 0.00430. The Bertz CT molecular complexity index is 1840. The zero-order valence-electron chi connectivity index (χ0n) is 26.1. The van der Waals surface area contributed by atoms with Crippen LogP contribution in [0.2, 0.25) is 0 Å². The minimum atomic E-state index is -2.94. The fourth-order valence-corrected chi connectivity index (χ4v) is 6.72. The molecule has 1 aliphatic rings. The van der Waals surface area contributed by atoms with Crippen LogP contribution in [0.1, 0.15) is 97.6 Å². The molecule has 0 spiro atoms. The topological polar surface area (TPSA) is 71.6 Å². The van der Waals surface area contributed by atoms with Crippen LogP contribution < -0.4 is 5.56 Å². The predicted octanol–water partition coefficient (Wildman–Crippen LogP) is 8.87. The fraction of sp³-hybridized carbons (Fsp3) is 0.429. The quantitative estimate of drug-likeness (QED) is 0.157. The van der Waals surface area contributed by atoms with Gasteiger partial charge in [-0.15, -0.1) is 0 Å². The first-order valence-corrected chi connectivity index (χ1v) is 15.3. The number of rotatable bonds is 8. The van der Waals surface area contributed by atoms with E-state index in [1.165, 1.54) is 22.8 Å². The third-order valence-electron chi connectivity index (χ3n) is 8.96. The van der Waals surface area contributed by atoms with Gasteiger partial charge in [-0.1, -0.05) is 19.4 Å². The van der Waals surface area contributed by atoms with Gasteiger partial charge in [0.15, 0.2) is 11.3 Å². The SMILES string of the molecule is CCCC(Cc1cc(F)cc(F)c1)c1nc2nc(C3(F)CCC(F)(F)CC3)cc(C)c2c(=O)n1-c1ccc(C)c(C(C)=N)c1C. The predicted molar refractivity (Wildman–Crippen MR) is 166 cm³/mol. The van der Waals surface area contributed by atoms with Crippen molar-refractivity contribution in [2.24, 2.45) is 0 Å². The minimum Gasteiger partial charge on any atom is -0.305 e. The van der Waals surface area contributed by atoms with Gasteiger partial charge in [0.05, 0.1) is 16.8 Å². The molecule has 2 aromatic heterocycles. The smallest absolute Gasteiger partial charge is 0.267 e. The number of benzene rings is 2. The van der Waals surface area contributed by atoms with Crippen molar-refractivity contribution >= 4 is 16.7 Å². The molecule has 0 aliphatic heterocycles. The Morgan fingerprint density at radius 3 is 2.20 bits per heavy atom. The molecule has 1 saturated carbocycles. The van der Waals surface area contributed by atoms with Crippen LogP contribution in [-0.4, -0.2) is 26.2 Å². The number of pyridine rings is 1. The monoisotopic (exact) mass is 624 g/mol. The molecule has 0 radical (unpaired) electrons. The summed E-state index contributed by atoms with van der Waals surface area (Å²) in [7, 11) is 0. The highest BCUT2D eigenvalue weighted by Crippen LogP contribution is 2.46. The molecular weight excluding hydrogens is 587 g/mol. The van der Waals surface area contributed by atoms with E-state index >= 15 is 4.39 Å². The highest BCUT2D eigenvalue weighted by atomic mass is 19.3. The summed E-state index contributed by atoms with van der Waals surface area (Å²) in [5.41, 5.74) is 1.26. The van der Waals surface area contributed by atoms with E-state index in [0.717, 1.165) is 11.6 Å². The van der Waals surface area contributed by atoms with E-state index < -0.39 is 60.4 Å². The van der Waals surface area contributed by atoms with Crippen molar-refractivity contribution in [3.8, 4) is 5.69 Å². The lowest BCUT2D eigenvalue weighted by Gasteiger charge is -2.33. The first-order chi connectivity index (χ1) is 21.1. The number of halogens is 5. The van der Waals surface area contributed by atoms with Crippen molar-refractivity contribution in [1.29, 1.82) is 5.41 Å². The van der Waals surface area contributed by atoms with E-state index in [4.69, 9.17) is 10.4 Å². The number of alkyl halides is 3. The second-order valence-electron chi connectivity index (χ2n) is 12.4. The molecule has 1 N–H and O–H groups in total. The van der Waals surface area contributed by atoms with Crippen LogP contribution >= 0.6 is 0 Å². The normalized spacial score (nSPS) is 16.6. The van der Waals surface area contributed by atoms with Gasteiger partial charge in [0.2, 0.25) is 5.92 Å². The summed E-state index contributed by atoms with van der Waals surface area (Å²) in [6.45, 7) is 8.97. The lowest BCUT2D eigenvalue weighted by atomic mass is 9.81. The number of aromatic nitrogens is 3. The third-order valence-corrected chi connectivity index (χ3v) is 8.96. The molecule has 1 atom stereocenters. The molecule has 2 aromatic carbocycles. The van der Waals surface area contributed by atoms with Crippen LogP contribution in [0.5, 0.6) is 0 Å². The van der Waals surface area contributed by atoms with Gasteiger partial charge in [0.25, 0.3) is 5.56 Å². The molecule has 1 unspecified atom stereocenters. The van der Waals surface area contributed by atoms with Crippen LogP contribution in [-0.2, 0) is 12.1 Å². The summed E-state index contributed by atoms with van der Waals surface area (Å²) < 4.78 is 73.9. The molecule has 4 aromatic rings. The first kappa shape index (κ1) is 32.4. The van der Waals surface area contributed by atoms with Crippen LogP contribution in [0.15, 0.2) is 41.2 Å². The molecular formula is C35H37F5N4O. The summed E-state index contributed by atoms with van der Waals surface area (Å²) in [4.78, 5) is 23.9. The van der Waals surface area contributed by atoms with Crippen molar-refractivity contribution in [1.82, 2.24) is 14.5 Å². The van der Waals surface area contributed by atoms with Crippen LogP contribution in [0, 0.1) is 37.8 Å². The summed E-state index contributed by atoms with van der Waals surface area (Å²) in [6, 6.07) is 8.35. The summed E-state index contributed by atoms with van der Waals surface area (Å²) in [5.74, 6) is -4.61. The number of nitrogens with zero attached hydrogens (tertiary/aromatic N) is 3. The molecule has 45 heavy (non-hydrogen) atoms. The third kappa shape index (κ3) is 6.29. The zero-order valence-corrected chi connectivity index (χ0v) is 26.1. The van der Waals surface area contributed by atoms with Gasteiger partial charge in [-0.05, 0) is 99.9 Å². The molecule has 0 saturated heterocycles. The van der Waals surface area contributed by atoms with Crippen molar-refractivity contribution in [2.45, 2.75) is 97.1 Å². The van der Waals surface area contributed by atoms with E-state index in [1.807, 2.05) is 26.8 Å². The van der Waals surface area contributed by atoms with Crippen LogP contribution in [0.3, 0.4) is 0 Å². The largest absolute Gasteiger partial charge is 0.305 e. The van der Waals surface area contributed by atoms with Gasteiger partial charge in [-0.3, -0.25) is 9.36 Å². The van der Waals surface area contributed by atoms with Crippen molar-refractivity contribution in [2.75, 3.05) is 0 Å². The Hall–Kier alpha value is -3.95. The Morgan fingerprint density at radius 1 is 0.956 bits per heavy atom. The van der Waals surface area contributed by atoms with E-state index in [2.05, 4.69) is 4.98 Å². The number of fused-ring (bicyclic) bond motifs is 1. The van der Waals surface area contributed by atoms with Crippen molar-refractivity contribution < 1.29 is 22.0 Å². The summed E-state index contributed by atoms with van der Waals surface area (Å²) >= 11 is 0. The van der Waals surface area contributed by atoms with Gasteiger partial charge in [-0.2, -0.15) is 0 Å². The number of nitrogens with one attached hydrogen (secondary N) is 1. The van der Waals surface area contributed by atoms with Crippen LogP contribution in [0.4, 0.5) is 22.0 Å². The lowest BCUT2D eigenvalue weighted by molar-refractivity contribution is -0.0784. The van der Waals surface area contributed by atoms with E-state index in [1.54, 1.807) is 19.9 Å². The Morgan fingerprint density at radius 2 is 1.60 bits per heavy atom. The van der Waals surface area contributed by atoms with Gasteiger partial charge >= 0.3 is 0 Å². The van der Waals surface area contributed by atoms with E-state index in [0.29, 0.717) is 46.5 Å². The molecule has 0 amide bonds. The lowest BCUT2D eigenvalue weighted by Crippen LogP contribution is -2.34. The van der Waals surface area contributed by atoms with E-state index in [-0.39, 0.29) is 29.0 Å². The number of aryl methyl sites for hydroxylation is 2. The summed E-state index contributed by atoms with van der Waals surface area (Å²) in [5, 5.41) is 8.54. The molecule has 238 valence electrons. The average Bonchev–Trinajstić information content (AvgIpc) is 2.94. The molecule has 5 nitrogen and oxygen atoms in total. The van der Waals surface area contributed by atoms with Gasteiger partial charge in [0.1, 0.15) is 17.5 Å². The van der Waals surface area contributed by atoms with Gasteiger partial charge in [-0.25, -0.2) is 31.9 Å². The van der Waals surface area contributed by atoms with E-state index in [9.17, 15) is 22.4 Å². The zero-order chi connectivity index (χ0) is 32.8. The Labute approximate surface area is 259 Å². The average molecular weight is 625 g/mol. The first-order valence-electron chi connectivity index (χ1n) is 15.3. The Balaban J connectivity index is 1.80. The highest BCUT2D eigenvalue weighted by Gasteiger charge is 2.46. The van der Waals surface area contributed by atoms with Gasteiger partial charge < -0.3 is 5.41 Å². The molecule has 2 heterocycles. The maximum absolute atomic E-state index is 16.2. The number of hydrogen-bond acceptors (Lipinski definition) is 4. The highest BCUT2D eigenvalue weighted by molar-refractivity contribution is 5.99. The maximum atomic E-state index is 16.2. The maximum Gasteiger partial charge on any atom is 0.267 e. The van der Waals surface area contributed by atoms with Crippen molar-refractivity contribution in [3.63, 3.8) is 0 Å². The van der Waals surface area contributed by atoms with Crippen LogP contribution in [0.25, 0.3) is 16.7 Å². The Kier molecular flexibility index (Phi) is 8.72. The molecule has 0 bridgehead atoms. The second-order valence-corrected chi connectivity index (χ2v) is 12.4. The molecule has 5 rings (SSSR count). The molecule has 1 aliphatic carbocycles. The molecule has 1 fully saturated rings. The van der Waals surface area contributed by atoms with Crippen molar-refractivity contribution in [3.05, 3.63) is 97.7 Å². The van der Waals surface area contributed by atoms with Gasteiger partial charge in [0, 0.05) is 36.1 Å². The standard InChI is InChI=1S/C35H37F5N4O/c1-6-7-24(15-23-16-25(36)18-26(37)17-23)32-43-31-30(20(3)14-28(42-31)34(38)10-12-35(39,40)13-11-34)33(45)44(32)27-9-8-19(2)29(21(27)4)22(5)41/h8-9,14,16-18,24,41H,6-7,10-13,15H2,1-5H3. The summed E-state index contributed by atoms with van der Waals surface area (Å²) in [6.07, 6.45) is -0.706. The fourth-order valence-electron chi connectivity index (χ4n) is 6.72.